The molecule has 6 N–H and O–H groups in total. The van der Waals surface area contributed by atoms with Gasteiger partial charge in [-0.3, -0.25) is 14.4 Å². The molecule has 0 amide bonds. The smallest absolute Gasteiger partial charge is 0.192 e. The Morgan fingerprint density at radius 1 is 1.15 bits per heavy atom. The van der Waals surface area contributed by atoms with Crippen LogP contribution >= 0.6 is 0 Å². The number of fused-ring (bicyclic) bond motifs is 3. The summed E-state index contributed by atoms with van der Waals surface area (Å²) in [6.07, 6.45) is -4.26. The lowest BCUT2D eigenvalue weighted by molar-refractivity contribution is -0.193. The summed E-state index contributed by atoms with van der Waals surface area (Å²) in [7, 11) is 0. The lowest BCUT2D eigenvalue weighted by Crippen LogP contribution is -2.62. The van der Waals surface area contributed by atoms with Crippen LogP contribution in [0, 0.1) is 17.3 Å². The number of phenols is 2. The van der Waals surface area contributed by atoms with Crippen molar-refractivity contribution >= 4 is 28.1 Å². The maximum atomic E-state index is 14.5. The first-order valence-electron chi connectivity index (χ1n) is 13.3. The van der Waals surface area contributed by atoms with E-state index in [1.807, 2.05) is 0 Å². The molecule has 5 rings (SSSR count). The Kier molecular flexibility index (Phi) is 6.84. The SMILES string of the molecule is CC(=O)[C@@H]1C[C@@]2(CC3CC[C@@](O)(C(=O)CO)[C@H](C)O3)C(=O)c3c(cc4cccc(O)c4c3O)C[C@H]2[C@H](O)[C@@H]1O. The molecule has 8 atom stereocenters. The van der Waals surface area contributed by atoms with Crippen molar-refractivity contribution in [2.75, 3.05) is 6.61 Å². The van der Waals surface area contributed by atoms with Gasteiger partial charge in [0.15, 0.2) is 17.2 Å². The van der Waals surface area contributed by atoms with Crippen LogP contribution in [0.3, 0.4) is 0 Å². The zero-order chi connectivity index (χ0) is 28.4. The molecule has 0 spiro atoms. The molecule has 0 radical (unpaired) electrons. The standard InChI is InChI=1S/C29H34O10/c1-13(31)18-11-28(10-17-6-7-29(38,14(2)39-17)21(33)12-30)19(25(35)24(18)34)9-16-8-15-4-3-5-20(32)22(15)26(36)23(16)27(28)37/h3-5,8,14,17-19,24-25,30,32,34-36,38H,6-7,9-12H2,1-2H3/t14-,17?,18-,19-,24+,25-,28+,29-/m0/s1. The summed E-state index contributed by atoms with van der Waals surface area (Å²) in [5, 5.41) is 64.6. The normalized spacial score (nSPS) is 36.3. The zero-order valence-electron chi connectivity index (χ0n) is 21.8. The van der Waals surface area contributed by atoms with E-state index in [1.165, 1.54) is 19.9 Å². The summed E-state index contributed by atoms with van der Waals surface area (Å²) >= 11 is 0. The first-order valence-corrected chi connectivity index (χ1v) is 13.3. The number of carbonyl (C=O) groups excluding carboxylic acids is 3. The predicted molar refractivity (Wildman–Crippen MR) is 137 cm³/mol. The van der Waals surface area contributed by atoms with Gasteiger partial charge in [-0.2, -0.15) is 0 Å². The molecule has 10 nitrogen and oxygen atoms in total. The number of aromatic hydroxyl groups is 2. The van der Waals surface area contributed by atoms with Crippen LogP contribution in [0.5, 0.6) is 11.5 Å². The average Bonchev–Trinajstić information content (AvgIpc) is 2.89. The van der Waals surface area contributed by atoms with Gasteiger partial charge < -0.3 is 35.4 Å². The van der Waals surface area contributed by atoms with Gasteiger partial charge in [-0.25, -0.2) is 0 Å². The Hall–Kier alpha value is -2.89. The van der Waals surface area contributed by atoms with Gasteiger partial charge in [0.2, 0.25) is 0 Å². The van der Waals surface area contributed by atoms with E-state index in [0.29, 0.717) is 10.9 Å². The van der Waals surface area contributed by atoms with Gasteiger partial charge in [-0.1, -0.05) is 18.2 Å². The molecule has 3 aliphatic rings. The summed E-state index contributed by atoms with van der Waals surface area (Å²) in [4.78, 5) is 39.2. The van der Waals surface area contributed by atoms with E-state index in [0.717, 1.165) is 0 Å². The van der Waals surface area contributed by atoms with E-state index in [4.69, 9.17) is 4.74 Å². The van der Waals surface area contributed by atoms with Gasteiger partial charge in [-0.15, -0.1) is 0 Å². The number of benzene rings is 2. The summed E-state index contributed by atoms with van der Waals surface area (Å²) < 4.78 is 6.02. The van der Waals surface area contributed by atoms with Crippen LogP contribution in [0.2, 0.25) is 0 Å². The van der Waals surface area contributed by atoms with E-state index in [1.54, 1.807) is 18.2 Å². The van der Waals surface area contributed by atoms with Crippen LogP contribution in [0.4, 0.5) is 0 Å². The van der Waals surface area contributed by atoms with Gasteiger partial charge in [-0.05, 0) is 63.0 Å². The van der Waals surface area contributed by atoms with Crippen molar-refractivity contribution in [1.29, 1.82) is 0 Å². The number of Topliss-reactive ketones (excluding diaryl/α,β-unsaturated/α-hetero) is 3. The van der Waals surface area contributed by atoms with E-state index in [2.05, 4.69) is 0 Å². The van der Waals surface area contributed by atoms with Crippen molar-refractivity contribution in [2.45, 2.75) is 76.0 Å². The molecule has 2 fully saturated rings. The largest absolute Gasteiger partial charge is 0.507 e. The van der Waals surface area contributed by atoms with Crippen molar-refractivity contribution < 1.29 is 49.8 Å². The lowest BCUT2D eigenvalue weighted by atomic mass is 9.51. The van der Waals surface area contributed by atoms with Crippen molar-refractivity contribution in [3.8, 4) is 11.5 Å². The summed E-state index contributed by atoms with van der Waals surface area (Å²) in [5.74, 6) is -4.10. The summed E-state index contributed by atoms with van der Waals surface area (Å²) in [6, 6.07) is 6.38. The van der Waals surface area contributed by atoms with Crippen LogP contribution < -0.4 is 0 Å². The fourth-order valence-electron chi connectivity index (χ4n) is 7.24. The minimum absolute atomic E-state index is 0.00182. The number of aliphatic hydroxyl groups is 4. The highest BCUT2D eigenvalue weighted by Gasteiger charge is 2.61. The Labute approximate surface area is 224 Å². The molecule has 10 heteroatoms. The molecule has 1 heterocycles. The third-order valence-electron chi connectivity index (χ3n) is 9.44. The number of rotatable bonds is 5. The minimum atomic E-state index is -1.88. The number of hydrogen-bond donors (Lipinski definition) is 6. The molecule has 210 valence electrons. The van der Waals surface area contributed by atoms with E-state index in [9.17, 15) is 45.0 Å². The molecule has 1 saturated heterocycles. The van der Waals surface area contributed by atoms with Crippen molar-refractivity contribution in [1.82, 2.24) is 0 Å². The van der Waals surface area contributed by atoms with Crippen LogP contribution in [0.1, 0.15) is 55.5 Å². The Morgan fingerprint density at radius 3 is 2.51 bits per heavy atom. The lowest BCUT2D eigenvalue weighted by Gasteiger charge is -2.54. The van der Waals surface area contributed by atoms with Gasteiger partial charge >= 0.3 is 0 Å². The van der Waals surface area contributed by atoms with Crippen LogP contribution in [-0.4, -0.2) is 84.6 Å². The van der Waals surface area contributed by atoms with E-state index >= 15 is 0 Å². The fraction of sp³-hybridized carbons (Fsp3) is 0.552. The average molecular weight is 543 g/mol. The van der Waals surface area contributed by atoms with E-state index < -0.39 is 65.4 Å². The summed E-state index contributed by atoms with van der Waals surface area (Å²) in [5.41, 5.74) is -2.84. The zero-order valence-corrected chi connectivity index (χ0v) is 21.8. The van der Waals surface area contributed by atoms with Gasteiger partial charge in [0, 0.05) is 17.3 Å². The van der Waals surface area contributed by atoms with Crippen molar-refractivity contribution in [3.63, 3.8) is 0 Å². The monoisotopic (exact) mass is 542 g/mol. The molecule has 39 heavy (non-hydrogen) atoms. The molecular weight excluding hydrogens is 508 g/mol. The number of hydrogen-bond acceptors (Lipinski definition) is 10. The number of aliphatic hydroxyl groups excluding tert-OH is 3. The Morgan fingerprint density at radius 2 is 1.87 bits per heavy atom. The van der Waals surface area contributed by atoms with Crippen LogP contribution in [0.15, 0.2) is 24.3 Å². The van der Waals surface area contributed by atoms with Crippen LogP contribution in [0.25, 0.3) is 10.8 Å². The topological polar surface area (TPSA) is 182 Å². The number of ether oxygens (including phenoxy) is 1. The molecular formula is C29H34O10. The molecule has 2 aromatic carbocycles. The molecule has 0 bridgehead atoms. The molecule has 1 saturated carbocycles. The Bertz CT molecular complexity index is 1350. The maximum absolute atomic E-state index is 14.5. The number of ketones is 3. The van der Waals surface area contributed by atoms with Crippen molar-refractivity contribution in [2.24, 2.45) is 17.3 Å². The maximum Gasteiger partial charge on any atom is 0.192 e. The van der Waals surface area contributed by atoms with Gasteiger partial charge in [0.05, 0.1) is 35.4 Å². The third kappa shape index (κ3) is 4.08. The number of phenolic OH excluding ortho intramolecular Hbond substituents is 2. The second kappa shape index (κ2) is 9.64. The molecule has 1 aliphatic heterocycles. The minimum Gasteiger partial charge on any atom is -0.507 e. The van der Waals surface area contributed by atoms with Crippen molar-refractivity contribution in [3.05, 3.63) is 35.4 Å². The van der Waals surface area contributed by atoms with Gasteiger partial charge in [0.25, 0.3) is 0 Å². The quantitative estimate of drug-likeness (QED) is 0.321. The second-order valence-electron chi connectivity index (χ2n) is 11.5. The molecule has 0 aromatic heterocycles. The molecule has 1 unspecified atom stereocenters. The molecule has 2 aromatic rings. The predicted octanol–water partition coefficient (Wildman–Crippen LogP) is 1.17. The highest BCUT2D eigenvalue weighted by molar-refractivity contribution is 6.11. The van der Waals surface area contributed by atoms with E-state index in [-0.39, 0.29) is 60.3 Å². The first kappa shape index (κ1) is 27.7. The van der Waals surface area contributed by atoms with Crippen LogP contribution in [-0.2, 0) is 20.7 Å². The Balaban J connectivity index is 1.61. The van der Waals surface area contributed by atoms with Gasteiger partial charge in [0.1, 0.15) is 23.9 Å². The number of carbonyl (C=O) groups is 3. The fourth-order valence-corrected chi connectivity index (χ4v) is 7.24. The summed E-state index contributed by atoms with van der Waals surface area (Å²) in [6.45, 7) is 1.95. The first-order chi connectivity index (χ1) is 18.4. The highest BCUT2D eigenvalue weighted by Crippen LogP contribution is 2.57. The second-order valence-corrected chi connectivity index (χ2v) is 11.5. The third-order valence-corrected chi connectivity index (χ3v) is 9.44. The highest BCUT2D eigenvalue weighted by atomic mass is 16.5. The molecule has 2 aliphatic carbocycles.